The number of fused-ring (bicyclic) bond motifs is 6. The van der Waals surface area contributed by atoms with Crippen LogP contribution >= 0.6 is 0 Å². The lowest BCUT2D eigenvalue weighted by molar-refractivity contribution is -0.157. The van der Waals surface area contributed by atoms with Gasteiger partial charge in [0.2, 0.25) is 5.91 Å². The van der Waals surface area contributed by atoms with Gasteiger partial charge in [-0.3, -0.25) is 9.59 Å². The molecule has 0 saturated carbocycles. The zero-order valence-electron chi connectivity index (χ0n) is 17.8. The maximum absolute atomic E-state index is 13.2. The molecule has 0 spiro atoms. The molecule has 1 atom stereocenters. The number of hydrogen-bond donors (Lipinski definition) is 3. The van der Waals surface area contributed by atoms with E-state index in [4.69, 9.17) is 24.3 Å². The molecular formula is C23H19N3O8. The maximum Gasteiger partial charge on any atom is 0.340 e. The summed E-state index contributed by atoms with van der Waals surface area (Å²) in [4.78, 5) is 41.7. The summed E-state index contributed by atoms with van der Waals surface area (Å²) in [6.07, 6.45) is -1.55. The second-order valence-corrected chi connectivity index (χ2v) is 8.23. The van der Waals surface area contributed by atoms with Crippen LogP contribution in [0.4, 0.5) is 0 Å². The van der Waals surface area contributed by atoms with Crippen molar-refractivity contribution in [2.45, 2.75) is 25.8 Å². The Morgan fingerprint density at radius 2 is 1.88 bits per heavy atom. The molecule has 1 aromatic carbocycles. The molecule has 3 aliphatic heterocycles. The largest absolute Gasteiger partial charge is 0.486 e. The van der Waals surface area contributed by atoms with E-state index in [1.807, 2.05) is 0 Å². The van der Waals surface area contributed by atoms with Gasteiger partial charge in [0.25, 0.3) is 5.56 Å². The number of amides is 1. The molecule has 2 aromatic heterocycles. The summed E-state index contributed by atoms with van der Waals surface area (Å²) in [6.45, 7) is 0.215. The highest BCUT2D eigenvalue weighted by molar-refractivity contribution is 5.91. The van der Waals surface area contributed by atoms with Crippen LogP contribution in [0, 0.1) is 0 Å². The van der Waals surface area contributed by atoms with Crippen LogP contribution in [0.5, 0.6) is 11.5 Å². The van der Waals surface area contributed by atoms with Crippen molar-refractivity contribution < 1.29 is 34.0 Å². The third-order valence-electron chi connectivity index (χ3n) is 6.34. The van der Waals surface area contributed by atoms with E-state index >= 15 is 0 Å². The summed E-state index contributed by atoms with van der Waals surface area (Å²) in [5, 5.41) is 22.9. The molecule has 0 fully saturated rings. The fourth-order valence-electron chi connectivity index (χ4n) is 4.69. The number of aliphatic hydroxyl groups is 2. The van der Waals surface area contributed by atoms with Crippen molar-refractivity contribution in [3.05, 3.63) is 50.8 Å². The number of rotatable bonds is 3. The minimum absolute atomic E-state index is 0.0903. The molecule has 0 bridgehead atoms. The van der Waals surface area contributed by atoms with Crippen molar-refractivity contribution in [2.24, 2.45) is 0 Å². The van der Waals surface area contributed by atoms with Gasteiger partial charge in [-0.25, -0.2) is 9.78 Å². The number of ether oxygens (including phenoxy) is 3. The number of hydrogen-bond acceptors (Lipinski definition) is 9. The van der Waals surface area contributed by atoms with Gasteiger partial charge in [0.05, 0.1) is 29.0 Å². The highest BCUT2D eigenvalue weighted by atomic mass is 16.6. The number of carbonyl (C=O) groups excluding carboxylic acids is 2. The molecule has 0 radical (unpaired) electrons. The van der Waals surface area contributed by atoms with Crippen molar-refractivity contribution in [1.29, 1.82) is 0 Å². The first kappa shape index (κ1) is 20.6. The van der Waals surface area contributed by atoms with Crippen LogP contribution in [-0.4, -0.2) is 51.5 Å². The number of aromatic nitrogens is 2. The van der Waals surface area contributed by atoms with Gasteiger partial charge in [0, 0.05) is 29.1 Å². The lowest BCUT2D eigenvalue weighted by Crippen LogP contribution is -2.32. The minimum Gasteiger partial charge on any atom is -0.486 e. The molecule has 3 N–H and O–H groups in total. The Labute approximate surface area is 191 Å². The van der Waals surface area contributed by atoms with Crippen LogP contribution in [0.3, 0.4) is 0 Å². The third-order valence-corrected chi connectivity index (χ3v) is 6.34. The predicted octanol–water partition coefficient (Wildman–Crippen LogP) is -0.105. The summed E-state index contributed by atoms with van der Waals surface area (Å²) >= 11 is 0. The number of benzene rings is 1. The van der Waals surface area contributed by atoms with Crippen molar-refractivity contribution in [1.82, 2.24) is 14.9 Å². The first-order chi connectivity index (χ1) is 16.5. The van der Waals surface area contributed by atoms with Gasteiger partial charge in [-0.05, 0) is 17.7 Å². The van der Waals surface area contributed by atoms with Crippen LogP contribution in [-0.2, 0) is 34.0 Å². The summed E-state index contributed by atoms with van der Waals surface area (Å²) in [5.41, 5.74) is 3.01. The van der Waals surface area contributed by atoms with Crippen molar-refractivity contribution in [2.75, 3.05) is 19.8 Å². The van der Waals surface area contributed by atoms with E-state index in [9.17, 15) is 19.5 Å². The van der Waals surface area contributed by atoms with Crippen LogP contribution in [0.25, 0.3) is 22.3 Å². The summed E-state index contributed by atoms with van der Waals surface area (Å²) in [5.74, 6) is -0.261. The normalized spacial score (nSPS) is 17.6. The van der Waals surface area contributed by atoms with Crippen LogP contribution in [0.15, 0.2) is 23.0 Å². The Balaban J connectivity index is 1.59. The van der Waals surface area contributed by atoms with Gasteiger partial charge < -0.3 is 34.3 Å². The first-order valence-electron chi connectivity index (χ1n) is 10.7. The second-order valence-electron chi connectivity index (χ2n) is 8.23. The zero-order valence-corrected chi connectivity index (χ0v) is 17.8. The van der Waals surface area contributed by atoms with Crippen LogP contribution < -0.4 is 20.3 Å². The smallest absolute Gasteiger partial charge is 0.340 e. The topological polar surface area (TPSA) is 149 Å². The molecule has 5 heterocycles. The molecule has 174 valence electrons. The van der Waals surface area contributed by atoms with E-state index in [1.54, 1.807) is 18.2 Å². The summed E-state index contributed by atoms with van der Waals surface area (Å²) < 4.78 is 17.9. The SMILES string of the molecule is O=C(CO)NCc1c2c(nc3cc4c(cc13)OCCO4)-c1cc3c(c(=O)n1C2)COC(=O)C3O. The first-order valence-corrected chi connectivity index (χ1v) is 10.7. The zero-order chi connectivity index (χ0) is 23.6. The van der Waals surface area contributed by atoms with Crippen LogP contribution in [0.2, 0.25) is 0 Å². The summed E-state index contributed by atoms with van der Waals surface area (Å²) in [7, 11) is 0. The molecule has 1 unspecified atom stereocenters. The Hall–Kier alpha value is -3.96. The molecule has 3 aliphatic rings. The molecule has 1 amide bonds. The van der Waals surface area contributed by atoms with E-state index in [0.717, 1.165) is 0 Å². The third kappa shape index (κ3) is 2.97. The Morgan fingerprint density at radius 1 is 1.12 bits per heavy atom. The average Bonchev–Trinajstić information content (AvgIpc) is 3.21. The highest BCUT2D eigenvalue weighted by Gasteiger charge is 2.35. The molecule has 0 aliphatic carbocycles. The van der Waals surface area contributed by atoms with Crippen LogP contribution in [0.1, 0.15) is 28.4 Å². The Kier molecular flexibility index (Phi) is 4.57. The number of carbonyl (C=O) groups is 2. The molecule has 0 saturated heterocycles. The van der Waals surface area contributed by atoms with E-state index in [-0.39, 0.29) is 36.4 Å². The number of cyclic esters (lactones) is 1. The van der Waals surface area contributed by atoms with Gasteiger partial charge in [0.1, 0.15) is 26.4 Å². The van der Waals surface area contributed by atoms with Gasteiger partial charge >= 0.3 is 5.97 Å². The predicted molar refractivity (Wildman–Crippen MR) is 115 cm³/mol. The highest BCUT2D eigenvalue weighted by Crippen LogP contribution is 2.41. The molecule has 11 heteroatoms. The number of esters is 1. The standard InChI is InChI=1S/C23H19N3O8/c27-8-19(28)24-6-12-10-4-17-18(33-2-1-32-17)5-15(10)25-20-13(12)7-26-16(20)3-11-14(22(26)30)9-34-23(31)21(11)29/h3-5,21,27,29H,1-2,6-9H2,(H,24,28). The fraction of sp³-hybridized carbons (Fsp3) is 0.304. The lowest BCUT2D eigenvalue weighted by Gasteiger charge is -2.21. The fourth-order valence-corrected chi connectivity index (χ4v) is 4.69. The second kappa shape index (κ2) is 7.54. The molecule has 3 aromatic rings. The minimum atomic E-state index is -1.55. The van der Waals surface area contributed by atoms with E-state index < -0.39 is 24.6 Å². The monoisotopic (exact) mass is 465 g/mol. The van der Waals surface area contributed by atoms with Gasteiger partial charge in [-0.15, -0.1) is 0 Å². The van der Waals surface area contributed by atoms with Crippen molar-refractivity contribution >= 4 is 22.8 Å². The van der Waals surface area contributed by atoms with E-state index in [0.29, 0.717) is 58.1 Å². The number of pyridine rings is 2. The molecule has 6 rings (SSSR count). The lowest BCUT2D eigenvalue weighted by atomic mass is 9.98. The molecule has 11 nitrogen and oxygen atoms in total. The molecular weight excluding hydrogens is 446 g/mol. The van der Waals surface area contributed by atoms with Crippen molar-refractivity contribution in [3.63, 3.8) is 0 Å². The van der Waals surface area contributed by atoms with Gasteiger partial charge in [-0.1, -0.05) is 0 Å². The number of nitrogens with zero attached hydrogens (tertiary/aromatic N) is 2. The summed E-state index contributed by atoms with van der Waals surface area (Å²) in [6, 6.07) is 5.14. The van der Waals surface area contributed by atoms with Gasteiger partial charge in [0.15, 0.2) is 17.6 Å². The van der Waals surface area contributed by atoms with Gasteiger partial charge in [-0.2, -0.15) is 0 Å². The Morgan fingerprint density at radius 3 is 2.65 bits per heavy atom. The maximum atomic E-state index is 13.2. The Bertz CT molecular complexity index is 1460. The van der Waals surface area contributed by atoms with E-state index in [1.165, 1.54) is 4.57 Å². The number of nitrogens with one attached hydrogen (secondary N) is 1. The van der Waals surface area contributed by atoms with Crippen molar-refractivity contribution in [3.8, 4) is 22.9 Å². The molecule has 34 heavy (non-hydrogen) atoms. The van der Waals surface area contributed by atoms with E-state index in [2.05, 4.69) is 5.32 Å². The average molecular weight is 465 g/mol. The number of aliphatic hydroxyl groups excluding tert-OH is 2. The quantitative estimate of drug-likeness (QED) is 0.353.